The third-order valence-electron chi connectivity index (χ3n) is 8.60. The first-order valence-electron chi connectivity index (χ1n) is 16.1. The molecule has 49 heavy (non-hydrogen) atoms. The van der Waals surface area contributed by atoms with Crippen LogP contribution >= 0.6 is 23.2 Å². The van der Waals surface area contributed by atoms with Crippen molar-refractivity contribution in [1.82, 2.24) is 29.9 Å². The fraction of sp³-hybridized carbons (Fsp3) is 0.297. The van der Waals surface area contributed by atoms with E-state index in [1.54, 1.807) is 26.4 Å². The maximum atomic E-state index is 13.2. The van der Waals surface area contributed by atoms with Crippen molar-refractivity contribution < 1.29 is 14.6 Å². The zero-order chi connectivity index (χ0) is 34.7. The molecule has 1 unspecified atom stereocenters. The molecule has 1 aliphatic rings. The Bertz CT molecular complexity index is 2070. The highest BCUT2D eigenvalue weighted by molar-refractivity contribution is 6.39. The molecule has 4 heterocycles. The predicted molar refractivity (Wildman–Crippen MR) is 193 cm³/mol. The molecular weight excluding hydrogens is 663 g/mol. The number of likely N-dealkylation sites (N-methyl/N-ethyl adjacent to an activating group) is 1. The molecule has 1 fully saturated rings. The summed E-state index contributed by atoms with van der Waals surface area (Å²) in [4.78, 5) is 35.9. The molecule has 0 saturated carbocycles. The Labute approximate surface area is 294 Å². The second-order valence-corrected chi connectivity index (χ2v) is 13.2. The monoisotopic (exact) mass is 700 g/mol. The van der Waals surface area contributed by atoms with Crippen LogP contribution in [-0.2, 0) is 17.9 Å². The Balaban J connectivity index is 1.26. The molecule has 6 rings (SSSR count). The second kappa shape index (κ2) is 15.1. The van der Waals surface area contributed by atoms with Crippen molar-refractivity contribution in [1.29, 1.82) is 0 Å². The van der Waals surface area contributed by atoms with E-state index in [0.29, 0.717) is 65.4 Å². The van der Waals surface area contributed by atoms with E-state index in [-0.39, 0.29) is 17.5 Å². The van der Waals surface area contributed by atoms with Crippen molar-refractivity contribution in [2.24, 2.45) is 0 Å². The number of rotatable bonds is 12. The molecule has 3 aromatic heterocycles. The first-order valence-corrected chi connectivity index (χ1v) is 16.9. The molecule has 10 nitrogen and oxygen atoms in total. The summed E-state index contributed by atoms with van der Waals surface area (Å²) in [6.07, 6.45) is 4.19. The van der Waals surface area contributed by atoms with E-state index in [0.717, 1.165) is 39.8 Å². The molecule has 0 bridgehead atoms. The van der Waals surface area contributed by atoms with Crippen LogP contribution in [0.5, 0.6) is 5.88 Å². The van der Waals surface area contributed by atoms with Crippen molar-refractivity contribution >= 4 is 34.8 Å². The Hall–Kier alpha value is -4.32. The van der Waals surface area contributed by atoms with Gasteiger partial charge in [-0.1, -0.05) is 65.7 Å². The van der Waals surface area contributed by atoms with Gasteiger partial charge in [0.1, 0.15) is 5.65 Å². The minimum atomic E-state index is -0.499. The normalized spacial score (nSPS) is 15.2. The number of nitrogens with zero attached hydrogens (tertiary/aromatic N) is 4. The van der Waals surface area contributed by atoms with E-state index >= 15 is 0 Å². The van der Waals surface area contributed by atoms with Crippen molar-refractivity contribution in [3.8, 4) is 39.4 Å². The number of pyridine rings is 2. The van der Waals surface area contributed by atoms with E-state index in [4.69, 9.17) is 32.9 Å². The molecular formula is C37H38Cl2N6O4. The van der Waals surface area contributed by atoms with Gasteiger partial charge in [0.25, 0.3) is 5.56 Å². The van der Waals surface area contributed by atoms with Crippen LogP contribution in [0.25, 0.3) is 39.2 Å². The molecule has 0 radical (unpaired) electrons. The molecule has 12 heteroatoms. The predicted octanol–water partition coefficient (Wildman–Crippen LogP) is 5.59. The number of hydrogen-bond acceptors (Lipinski definition) is 8. The van der Waals surface area contributed by atoms with Gasteiger partial charge in [-0.2, -0.15) is 0 Å². The van der Waals surface area contributed by atoms with Crippen LogP contribution in [0.15, 0.2) is 77.9 Å². The quantitative estimate of drug-likeness (QED) is 0.154. The van der Waals surface area contributed by atoms with Gasteiger partial charge in [0.15, 0.2) is 0 Å². The highest BCUT2D eigenvalue weighted by Crippen LogP contribution is 2.42. The summed E-state index contributed by atoms with van der Waals surface area (Å²) >= 11 is 14.2. The van der Waals surface area contributed by atoms with Crippen LogP contribution in [0.4, 0.5) is 0 Å². The molecule has 3 N–H and O–H groups in total. The number of methoxy groups -OCH3 is 1. The Kier molecular flexibility index (Phi) is 10.6. The van der Waals surface area contributed by atoms with Gasteiger partial charge in [0.05, 0.1) is 34.5 Å². The minimum Gasteiger partial charge on any atom is -0.481 e. The first-order chi connectivity index (χ1) is 23.6. The van der Waals surface area contributed by atoms with Gasteiger partial charge in [0, 0.05) is 78.9 Å². The summed E-state index contributed by atoms with van der Waals surface area (Å²) in [7, 11) is 3.44. The zero-order valence-electron chi connectivity index (χ0n) is 27.5. The lowest BCUT2D eigenvalue weighted by Gasteiger charge is -2.18. The van der Waals surface area contributed by atoms with Crippen LogP contribution in [-0.4, -0.2) is 69.7 Å². The number of benzene rings is 2. The number of hydrogen-bond donors (Lipinski definition) is 3. The van der Waals surface area contributed by atoms with Crippen molar-refractivity contribution in [3.63, 3.8) is 0 Å². The third-order valence-corrected chi connectivity index (χ3v) is 9.41. The van der Waals surface area contributed by atoms with Gasteiger partial charge in [0.2, 0.25) is 11.8 Å². The Morgan fingerprint density at radius 1 is 1.04 bits per heavy atom. The summed E-state index contributed by atoms with van der Waals surface area (Å²) in [6, 6.07) is 19.2. The topological polar surface area (TPSA) is 121 Å². The van der Waals surface area contributed by atoms with E-state index in [1.807, 2.05) is 72.6 Å². The standard InChI is InChI=1S/C37H38Cl2N6O4/c1-22(46)20-44(2)21-25-18-41-32-16-23(14-15-45(32)37(25)48)27-6-4-7-28(34(27)38)29-8-5-9-30(35(29)39)31-12-10-24(36(43-31)49-3)17-40-19-26-11-13-33(47)42-26/h4-10,12,14-16,18,22,26,40,46H,11,13,17,19-21H2,1-3H3,(H,42,47)/t22?,26-/m1/s1. The number of amides is 1. The van der Waals surface area contributed by atoms with E-state index in [2.05, 4.69) is 15.6 Å². The number of aromatic nitrogens is 3. The van der Waals surface area contributed by atoms with Crippen molar-refractivity contribution in [2.75, 3.05) is 27.2 Å². The molecule has 0 aliphatic carbocycles. The number of carbonyl (C=O) groups is 1. The summed E-state index contributed by atoms with van der Waals surface area (Å²) in [6.45, 7) is 3.75. The number of ether oxygens (including phenoxy) is 1. The highest BCUT2D eigenvalue weighted by atomic mass is 35.5. The van der Waals surface area contributed by atoms with Gasteiger partial charge in [-0.15, -0.1) is 0 Å². The van der Waals surface area contributed by atoms with E-state index in [1.165, 1.54) is 4.40 Å². The van der Waals surface area contributed by atoms with Crippen LogP contribution < -0.4 is 20.9 Å². The number of aliphatic hydroxyl groups excluding tert-OH is 1. The summed E-state index contributed by atoms with van der Waals surface area (Å²) in [5.74, 6) is 0.584. The molecule has 1 aliphatic heterocycles. The molecule has 254 valence electrons. The second-order valence-electron chi connectivity index (χ2n) is 12.4. The molecule has 5 aromatic rings. The average Bonchev–Trinajstić information content (AvgIpc) is 3.50. The number of halogens is 2. The average molecular weight is 702 g/mol. The number of fused-ring (bicyclic) bond motifs is 1. The fourth-order valence-corrected chi connectivity index (χ4v) is 6.90. The smallest absolute Gasteiger partial charge is 0.262 e. The number of carbonyl (C=O) groups excluding carboxylic acids is 1. The maximum absolute atomic E-state index is 13.2. The molecule has 1 amide bonds. The molecule has 0 spiro atoms. The van der Waals surface area contributed by atoms with Crippen LogP contribution in [0.1, 0.15) is 30.9 Å². The van der Waals surface area contributed by atoms with Gasteiger partial charge in [-0.05, 0) is 44.2 Å². The Morgan fingerprint density at radius 3 is 2.45 bits per heavy atom. The first kappa shape index (κ1) is 34.5. The van der Waals surface area contributed by atoms with Crippen LogP contribution in [0, 0.1) is 0 Å². The Morgan fingerprint density at radius 2 is 1.76 bits per heavy atom. The summed E-state index contributed by atoms with van der Waals surface area (Å²) in [5, 5.41) is 17.0. The van der Waals surface area contributed by atoms with Crippen LogP contribution in [0.3, 0.4) is 0 Å². The minimum absolute atomic E-state index is 0.0929. The lowest BCUT2D eigenvalue weighted by atomic mass is 9.97. The highest BCUT2D eigenvalue weighted by Gasteiger charge is 2.21. The number of aliphatic hydroxyl groups is 1. The maximum Gasteiger partial charge on any atom is 0.262 e. The van der Waals surface area contributed by atoms with E-state index < -0.39 is 6.10 Å². The van der Waals surface area contributed by atoms with Gasteiger partial charge in [-0.3, -0.25) is 18.9 Å². The summed E-state index contributed by atoms with van der Waals surface area (Å²) in [5.41, 5.74) is 6.23. The number of nitrogens with one attached hydrogen (secondary N) is 2. The zero-order valence-corrected chi connectivity index (χ0v) is 29.1. The van der Waals surface area contributed by atoms with Gasteiger partial charge < -0.3 is 20.5 Å². The largest absolute Gasteiger partial charge is 0.481 e. The van der Waals surface area contributed by atoms with Gasteiger partial charge in [-0.25, -0.2) is 9.97 Å². The fourth-order valence-electron chi connectivity index (χ4n) is 6.24. The van der Waals surface area contributed by atoms with Crippen molar-refractivity contribution in [3.05, 3.63) is 105 Å². The summed E-state index contributed by atoms with van der Waals surface area (Å²) < 4.78 is 7.16. The SMILES string of the molecule is COc1nc(-c2cccc(-c3cccc(-c4ccn5c(=O)c(CN(C)CC(C)O)cnc5c4)c3Cl)c2Cl)ccc1CNC[C@H]1CCC(=O)N1. The molecule has 1 saturated heterocycles. The lowest BCUT2D eigenvalue weighted by molar-refractivity contribution is -0.119. The lowest BCUT2D eigenvalue weighted by Crippen LogP contribution is -2.35. The molecule has 2 aromatic carbocycles. The van der Waals surface area contributed by atoms with Crippen LogP contribution in [0.2, 0.25) is 10.0 Å². The van der Waals surface area contributed by atoms with Gasteiger partial charge >= 0.3 is 0 Å². The van der Waals surface area contributed by atoms with E-state index in [9.17, 15) is 14.7 Å². The van der Waals surface area contributed by atoms with Crippen molar-refractivity contribution in [2.45, 2.75) is 45.0 Å². The molecule has 2 atom stereocenters. The third kappa shape index (κ3) is 7.64.